The minimum absolute atomic E-state index is 0.0405. The van der Waals surface area contributed by atoms with Gasteiger partial charge in [-0.3, -0.25) is 19.4 Å². The van der Waals surface area contributed by atoms with Crippen LogP contribution in [-0.4, -0.2) is 77.4 Å². The Morgan fingerprint density at radius 2 is 2.00 bits per heavy atom. The van der Waals surface area contributed by atoms with Gasteiger partial charge in [0.05, 0.1) is 24.3 Å². The van der Waals surface area contributed by atoms with Crippen LogP contribution in [0.15, 0.2) is 24.5 Å². The lowest BCUT2D eigenvalue weighted by atomic mass is 9.89. The van der Waals surface area contributed by atoms with Gasteiger partial charge in [0.2, 0.25) is 11.8 Å². The molecule has 2 saturated heterocycles. The molecule has 0 saturated carbocycles. The fourth-order valence-corrected chi connectivity index (χ4v) is 3.45. The van der Waals surface area contributed by atoms with Crippen molar-refractivity contribution in [1.29, 1.82) is 0 Å². The van der Waals surface area contributed by atoms with Crippen molar-refractivity contribution in [2.45, 2.75) is 25.4 Å². The van der Waals surface area contributed by atoms with Crippen LogP contribution >= 0.6 is 0 Å². The second-order valence-electron chi connectivity index (χ2n) is 6.78. The lowest BCUT2D eigenvalue weighted by Gasteiger charge is -2.47. The Hall–Kier alpha value is -2.48. The molecule has 3 heterocycles. The highest BCUT2D eigenvalue weighted by Crippen LogP contribution is 2.30. The van der Waals surface area contributed by atoms with Crippen molar-refractivity contribution in [2.24, 2.45) is 0 Å². The summed E-state index contributed by atoms with van der Waals surface area (Å²) < 4.78 is 5.96. The zero-order chi connectivity index (χ0) is 18.6. The van der Waals surface area contributed by atoms with Crippen molar-refractivity contribution in [3.8, 4) is 0 Å². The monoisotopic (exact) mass is 360 g/mol. The van der Waals surface area contributed by atoms with E-state index in [-0.39, 0.29) is 29.9 Å². The Morgan fingerprint density at radius 1 is 1.23 bits per heavy atom. The van der Waals surface area contributed by atoms with E-state index in [9.17, 15) is 14.4 Å². The molecule has 1 aromatic heterocycles. The van der Waals surface area contributed by atoms with Gasteiger partial charge in [-0.05, 0) is 25.0 Å². The van der Waals surface area contributed by atoms with Gasteiger partial charge in [0, 0.05) is 45.5 Å². The topological polar surface area (TPSA) is 91.8 Å². The van der Waals surface area contributed by atoms with E-state index in [4.69, 9.17) is 4.74 Å². The number of nitrogens with one attached hydrogen (secondary N) is 1. The second kappa shape index (κ2) is 7.82. The number of amides is 3. The van der Waals surface area contributed by atoms with Gasteiger partial charge >= 0.3 is 0 Å². The van der Waals surface area contributed by atoms with Crippen LogP contribution in [0, 0.1) is 0 Å². The molecule has 1 aromatic rings. The van der Waals surface area contributed by atoms with Gasteiger partial charge in [-0.25, -0.2) is 0 Å². The molecule has 0 bridgehead atoms. The molecule has 0 aromatic carbocycles. The number of piperidine rings is 1. The first-order chi connectivity index (χ1) is 12.5. The van der Waals surface area contributed by atoms with Crippen LogP contribution in [0.1, 0.15) is 30.1 Å². The third kappa shape index (κ3) is 4.19. The summed E-state index contributed by atoms with van der Waals surface area (Å²) in [6, 6.07) is 3.33. The number of ether oxygens (including phenoxy) is 1. The second-order valence-corrected chi connectivity index (χ2v) is 6.78. The minimum Gasteiger partial charge on any atom is -0.371 e. The number of aromatic nitrogens is 1. The summed E-state index contributed by atoms with van der Waals surface area (Å²) in [6.07, 6.45) is 4.44. The highest BCUT2D eigenvalue weighted by atomic mass is 16.5. The van der Waals surface area contributed by atoms with Gasteiger partial charge in [0.1, 0.15) is 0 Å². The van der Waals surface area contributed by atoms with Gasteiger partial charge < -0.3 is 19.9 Å². The number of carbonyl (C=O) groups is 3. The minimum atomic E-state index is -0.348. The van der Waals surface area contributed by atoms with E-state index in [0.29, 0.717) is 51.2 Å². The summed E-state index contributed by atoms with van der Waals surface area (Å²) in [5.74, 6) is -0.367. The lowest BCUT2D eigenvalue weighted by molar-refractivity contribution is -0.161. The number of rotatable bonds is 3. The van der Waals surface area contributed by atoms with E-state index >= 15 is 0 Å². The molecule has 1 spiro atoms. The number of nitrogens with zero attached hydrogens (tertiary/aromatic N) is 3. The summed E-state index contributed by atoms with van der Waals surface area (Å²) in [4.78, 5) is 43.4. The van der Waals surface area contributed by atoms with E-state index in [0.717, 1.165) is 0 Å². The molecule has 0 radical (unpaired) electrons. The first-order valence-electron chi connectivity index (χ1n) is 8.85. The maximum atomic E-state index is 12.4. The van der Waals surface area contributed by atoms with E-state index in [1.165, 1.54) is 6.20 Å². The third-order valence-corrected chi connectivity index (χ3v) is 5.05. The highest BCUT2D eigenvalue weighted by molar-refractivity contribution is 5.96. The van der Waals surface area contributed by atoms with Crippen molar-refractivity contribution < 1.29 is 19.1 Å². The molecule has 8 nitrogen and oxygen atoms in total. The number of morpholine rings is 1. The number of pyridine rings is 1. The van der Waals surface area contributed by atoms with E-state index in [2.05, 4.69) is 10.3 Å². The average molecular weight is 360 g/mol. The lowest BCUT2D eigenvalue weighted by Crippen LogP contribution is -2.58. The number of carbonyl (C=O) groups excluding carboxylic acids is 3. The van der Waals surface area contributed by atoms with E-state index in [1.54, 1.807) is 30.2 Å². The fraction of sp³-hybridized carbons (Fsp3) is 0.556. The number of hydrogen-bond donors (Lipinski definition) is 1. The molecular weight excluding hydrogens is 336 g/mol. The Labute approximate surface area is 152 Å². The van der Waals surface area contributed by atoms with Gasteiger partial charge in [0.25, 0.3) is 5.91 Å². The maximum Gasteiger partial charge on any atom is 0.253 e. The summed E-state index contributed by atoms with van der Waals surface area (Å²) in [6.45, 7) is 4.40. The van der Waals surface area contributed by atoms with Crippen molar-refractivity contribution in [3.05, 3.63) is 30.1 Å². The summed E-state index contributed by atoms with van der Waals surface area (Å²) in [5, 5.41) is 2.63. The molecule has 2 aliphatic rings. The molecule has 2 fully saturated rings. The molecule has 3 rings (SSSR count). The van der Waals surface area contributed by atoms with Gasteiger partial charge in [-0.1, -0.05) is 0 Å². The molecule has 140 valence electrons. The van der Waals surface area contributed by atoms with Crippen LogP contribution in [0.25, 0.3) is 0 Å². The predicted molar refractivity (Wildman–Crippen MR) is 93.3 cm³/mol. The Morgan fingerprint density at radius 3 is 2.65 bits per heavy atom. The van der Waals surface area contributed by atoms with Crippen molar-refractivity contribution in [2.75, 3.05) is 39.3 Å². The fourth-order valence-electron chi connectivity index (χ4n) is 3.45. The van der Waals surface area contributed by atoms with Gasteiger partial charge in [0.15, 0.2) is 0 Å². The molecule has 1 N–H and O–H groups in total. The van der Waals surface area contributed by atoms with Crippen molar-refractivity contribution in [1.82, 2.24) is 20.1 Å². The maximum absolute atomic E-state index is 12.4. The standard InChI is InChI=1S/C18H24N4O4/c1-14(23)22-9-10-26-18(13-22)4-7-21(8-5-18)16(24)12-20-17(25)15-3-2-6-19-11-15/h2-3,6,11H,4-5,7-10,12-13H2,1H3,(H,20,25). The molecule has 0 atom stereocenters. The molecule has 0 aliphatic carbocycles. The summed E-state index contributed by atoms with van der Waals surface area (Å²) in [7, 11) is 0. The normalized spacial score (nSPS) is 19.3. The number of likely N-dealkylation sites (tertiary alicyclic amines) is 1. The summed E-state index contributed by atoms with van der Waals surface area (Å²) in [5.41, 5.74) is 0.0810. The third-order valence-electron chi connectivity index (χ3n) is 5.05. The summed E-state index contributed by atoms with van der Waals surface area (Å²) >= 11 is 0. The molecule has 3 amide bonds. The smallest absolute Gasteiger partial charge is 0.253 e. The van der Waals surface area contributed by atoms with Crippen LogP contribution < -0.4 is 5.32 Å². The Bertz CT molecular complexity index is 671. The Kier molecular flexibility index (Phi) is 5.51. The van der Waals surface area contributed by atoms with Crippen molar-refractivity contribution in [3.63, 3.8) is 0 Å². The van der Waals surface area contributed by atoms with Crippen molar-refractivity contribution >= 4 is 17.7 Å². The molecule has 8 heteroatoms. The van der Waals surface area contributed by atoms with Gasteiger partial charge in [-0.2, -0.15) is 0 Å². The van der Waals surface area contributed by atoms with Crippen LogP contribution in [0.4, 0.5) is 0 Å². The predicted octanol–water partition coefficient (Wildman–Crippen LogP) is 0.0513. The first-order valence-corrected chi connectivity index (χ1v) is 8.85. The highest BCUT2D eigenvalue weighted by Gasteiger charge is 2.41. The van der Waals surface area contributed by atoms with Crippen LogP contribution in [0.3, 0.4) is 0 Å². The first kappa shape index (κ1) is 18.3. The molecule has 0 unspecified atom stereocenters. The zero-order valence-corrected chi connectivity index (χ0v) is 14.9. The molecule has 26 heavy (non-hydrogen) atoms. The van der Waals surface area contributed by atoms with Crippen LogP contribution in [-0.2, 0) is 14.3 Å². The van der Waals surface area contributed by atoms with E-state index < -0.39 is 0 Å². The quantitative estimate of drug-likeness (QED) is 0.822. The van der Waals surface area contributed by atoms with E-state index in [1.807, 2.05) is 4.90 Å². The number of hydrogen-bond acceptors (Lipinski definition) is 5. The largest absolute Gasteiger partial charge is 0.371 e. The molecule has 2 aliphatic heterocycles. The average Bonchev–Trinajstić information content (AvgIpc) is 2.67. The van der Waals surface area contributed by atoms with Crippen LogP contribution in [0.2, 0.25) is 0 Å². The van der Waals surface area contributed by atoms with Gasteiger partial charge in [-0.15, -0.1) is 0 Å². The SMILES string of the molecule is CC(=O)N1CCOC2(CCN(C(=O)CNC(=O)c3cccnc3)CC2)C1. The zero-order valence-electron chi connectivity index (χ0n) is 14.9. The molecular formula is C18H24N4O4. The van der Waals surface area contributed by atoms with Crippen LogP contribution in [0.5, 0.6) is 0 Å². The Balaban J connectivity index is 1.48.